The van der Waals surface area contributed by atoms with E-state index in [4.69, 9.17) is 5.11 Å². The van der Waals surface area contributed by atoms with Gasteiger partial charge in [0.1, 0.15) is 0 Å². The van der Waals surface area contributed by atoms with Crippen LogP contribution in [0.15, 0.2) is 59.5 Å². The fraction of sp³-hybridized carbons (Fsp3) is 0.0667. The monoisotopic (exact) mass is 334 g/mol. The van der Waals surface area contributed by atoms with E-state index in [2.05, 4.69) is 5.43 Å². The molecule has 23 heavy (non-hydrogen) atoms. The number of hydrazine groups is 1. The zero-order valence-electron chi connectivity index (χ0n) is 11.9. The number of carbonyl (C=O) groups is 2. The SMILES string of the molecule is O=C(O)Cc1ccc(S(=O)(=O)NNC(=O)c2ccccc2)cc1. The van der Waals surface area contributed by atoms with E-state index >= 15 is 0 Å². The van der Waals surface area contributed by atoms with Gasteiger partial charge in [0.05, 0.1) is 11.3 Å². The number of carboxylic acids is 1. The maximum Gasteiger partial charge on any atom is 0.307 e. The fourth-order valence-electron chi connectivity index (χ4n) is 1.80. The van der Waals surface area contributed by atoms with Crippen molar-refractivity contribution in [1.82, 2.24) is 10.3 Å². The van der Waals surface area contributed by atoms with Gasteiger partial charge < -0.3 is 5.11 Å². The summed E-state index contributed by atoms with van der Waals surface area (Å²) in [6.07, 6.45) is -0.196. The van der Waals surface area contributed by atoms with Crippen LogP contribution in [0.5, 0.6) is 0 Å². The smallest absolute Gasteiger partial charge is 0.307 e. The van der Waals surface area contributed by atoms with Crippen molar-refractivity contribution in [1.29, 1.82) is 0 Å². The van der Waals surface area contributed by atoms with Crippen LogP contribution in [0.25, 0.3) is 0 Å². The summed E-state index contributed by atoms with van der Waals surface area (Å²) in [7, 11) is -3.94. The Bertz CT molecular complexity index is 802. The molecule has 0 heterocycles. The Balaban J connectivity index is 2.04. The van der Waals surface area contributed by atoms with E-state index in [9.17, 15) is 18.0 Å². The van der Waals surface area contributed by atoms with Crippen LogP contribution in [0.2, 0.25) is 0 Å². The number of hydrogen-bond donors (Lipinski definition) is 3. The minimum atomic E-state index is -3.94. The van der Waals surface area contributed by atoms with E-state index < -0.39 is 21.9 Å². The first-order chi connectivity index (χ1) is 10.9. The standard InChI is InChI=1S/C15H14N2O5S/c18-14(19)10-11-6-8-13(9-7-11)23(21,22)17-16-15(20)12-4-2-1-3-5-12/h1-9,17H,10H2,(H,16,20)(H,18,19). The molecule has 0 spiro atoms. The first-order valence-electron chi connectivity index (χ1n) is 6.56. The summed E-state index contributed by atoms with van der Waals surface area (Å²) in [5.41, 5.74) is 2.90. The molecule has 0 bridgehead atoms. The molecule has 2 aromatic carbocycles. The Morgan fingerprint density at radius 3 is 2.13 bits per heavy atom. The third kappa shape index (κ3) is 4.63. The number of hydrogen-bond acceptors (Lipinski definition) is 4. The molecule has 0 unspecified atom stereocenters. The van der Waals surface area contributed by atoms with Crippen LogP contribution in [-0.4, -0.2) is 25.4 Å². The van der Waals surface area contributed by atoms with Crippen LogP contribution in [0, 0.1) is 0 Å². The number of carboxylic acid groups (broad SMARTS) is 1. The Labute approximate surface area is 133 Å². The predicted octanol–water partition coefficient (Wildman–Crippen LogP) is 0.937. The Morgan fingerprint density at radius 2 is 1.57 bits per heavy atom. The van der Waals surface area contributed by atoms with E-state index in [1.807, 2.05) is 4.83 Å². The minimum absolute atomic E-state index is 0.0833. The van der Waals surface area contributed by atoms with Gasteiger partial charge in [-0.25, -0.2) is 8.42 Å². The van der Waals surface area contributed by atoms with Gasteiger partial charge in [-0.1, -0.05) is 30.3 Å². The second-order valence-electron chi connectivity index (χ2n) is 4.64. The van der Waals surface area contributed by atoms with Gasteiger partial charge in [0, 0.05) is 5.56 Å². The fourth-order valence-corrected chi connectivity index (χ4v) is 2.63. The second kappa shape index (κ2) is 7.03. The van der Waals surface area contributed by atoms with Crippen molar-refractivity contribution in [3.63, 3.8) is 0 Å². The molecule has 2 rings (SSSR count). The van der Waals surface area contributed by atoms with Crippen molar-refractivity contribution in [3.8, 4) is 0 Å². The summed E-state index contributed by atoms with van der Waals surface area (Å²) < 4.78 is 24.1. The molecular formula is C15H14N2O5S. The number of rotatable bonds is 6. The molecule has 0 aliphatic carbocycles. The lowest BCUT2D eigenvalue weighted by atomic mass is 10.2. The molecule has 3 N–H and O–H groups in total. The summed E-state index contributed by atoms with van der Waals surface area (Å²) in [6, 6.07) is 13.5. The molecule has 8 heteroatoms. The van der Waals surface area contributed by atoms with Crippen LogP contribution >= 0.6 is 0 Å². The van der Waals surface area contributed by atoms with Gasteiger partial charge in [0.2, 0.25) is 0 Å². The predicted molar refractivity (Wildman–Crippen MR) is 82.0 cm³/mol. The highest BCUT2D eigenvalue weighted by Gasteiger charge is 2.15. The molecule has 1 amide bonds. The van der Waals surface area contributed by atoms with Gasteiger partial charge in [-0.15, -0.1) is 4.83 Å². The van der Waals surface area contributed by atoms with Crippen LogP contribution in [0.1, 0.15) is 15.9 Å². The lowest BCUT2D eigenvalue weighted by molar-refractivity contribution is -0.136. The quantitative estimate of drug-likeness (QED) is 0.681. The molecule has 0 aliphatic heterocycles. The van der Waals surface area contributed by atoms with Gasteiger partial charge in [0.15, 0.2) is 0 Å². The maximum absolute atomic E-state index is 12.1. The zero-order chi connectivity index (χ0) is 16.9. The molecular weight excluding hydrogens is 320 g/mol. The first kappa shape index (κ1) is 16.7. The molecule has 0 aromatic heterocycles. The molecule has 2 aromatic rings. The third-order valence-electron chi connectivity index (χ3n) is 2.92. The minimum Gasteiger partial charge on any atom is -0.481 e. The molecule has 0 fully saturated rings. The zero-order valence-corrected chi connectivity index (χ0v) is 12.7. The molecule has 120 valence electrons. The Morgan fingerprint density at radius 1 is 0.957 bits per heavy atom. The number of carbonyl (C=O) groups excluding carboxylic acids is 1. The summed E-state index contributed by atoms with van der Waals surface area (Å²) in [5.74, 6) is -1.59. The van der Waals surface area contributed by atoms with Crippen LogP contribution in [0.4, 0.5) is 0 Å². The van der Waals surface area contributed by atoms with Crippen molar-refractivity contribution in [2.24, 2.45) is 0 Å². The average Bonchev–Trinajstić information content (AvgIpc) is 2.53. The van der Waals surface area contributed by atoms with Crippen LogP contribution in [0.3, 0.4) is 0 Å². The highest BCUT2D eigenvalue weighted by molar-refractivity contribution is 7.89. The van der Waals surface area contributed by atoms with E-state index in [1.54, 1.807) is 30.3 Å². The van der Waals surface area contributed by atoms with E-state index in [0.717, 1.165) is 0 Å². The summed E-state index contributed by atoms with van der Waals surface area (Å²) >= 11 is 0. The Hall–Kier alpha value is -2.71. The average molecular weight is 334 g/mol. The topological polar surface area (TPSA) is 113 Å². The largest absolute Gasteiger partial charge is 0.481 e. The highest BCUT2D eigenvalue weighted by atomic mass is 32.2. The molecule has 7 nitrogen and oxygen atoms in total. The molecule has 0 atom stereocenters. The highest BCUT2D eigenvalue weighted by Crippen LogP contribution is 2.10. The van der Waals surface area contributed by atoms with Crippen LogP contribution in [-0.2, 0) is 21.2 Å². The van der Waals surface area contributed by atoms with Gasteiger partial charge in [-0.05, 0) is 29.8 Å². The lowest BCUT2D eigenvalue weighted by Gasteiger charge is -2.09. The first-order valence-corrected chi connectivity index (χ1v) is 8.05. The molecule has 0 saturated carbocycles. The summed E-state index contributed by atoms with van der Waals surface area (Å²) in [4.78, 5) is 24.3. The van der Waals surface area contributed by atoms with Gasteiger partial charge in [0.25, 0.3) is 15.9 Å². The van der Waals surface area contributed by atoms with Gasteiger partial charge in [-0.3, -0.25) is 15.0 Å². The number of benzene rings is 2. The van der Waals surface area contributed by atoms with Crippen molar-refractivity contribution >= 4 is 21.9 Å². The van der Waals surface area contributed by atoms with E-state index in [1.165, 1.54) is 24.3 Å². The molecule has 0 aliphatic rings. The Kier molecular flexibility index (Phi) is 5.09. The number of sulfonamides is 1. The van der Waals surface area contributed by atoms with E-state index in [0.29, 0.717) is 11.1 Å². The number of nitrogens with one attached hydrogen (secondary N) is 2. The number of amides is 1. The van der Waals surface area contributed by atoms with Gasteiger partial charge >= 0.3 is 5.97 Å². The normalized spacial score (nSPS) is 11.0. The van der Waals surface area contributed by atoms with Crippen LogP contribution < -0.4 is 10.3 Å². The molecule has 0 saturated heterocycles. The van der Waals surface area contributed by atoms with Crippen molar-refractivity contribution in [2.75, 3.05) is 0 Å². The third-order valence-corrected chi connectivity index (χ3v) is 4.19. The number of aliphatic carboxylic acids is 1. The molecule has 0 radical (unpaired) electrons. The lowest BCUT2D eigenvalue weighted by Crippen LogP contribution is -2.41. The summed E-state index contributed by atoms with van der Waals surface area (Å²) in [5, 5.41) is 8.67. The van der Waals surface area contributed by atoms with Crippen molar-refractivity contribution in [2.45, 2.75) is 11.3 Å². The van der Waals surface area contributed by atoms with Crippen molar-refractivity contribution in [3.05, 3.63) is 65.7 Å². The van der Waals surface area contributed by atoms with Crippen molar-refractivity contribution < 1.29 is 23.1 Å². The second-order valence-corrected chi connectivity index (χ2v) is 6.32. The maximum atomic E-state index is 12.1. The van der Waals surface area contributed by atoms with Gasteiger partial charge in [-0.2, -0.15) is 0 Å². The summed E-state index contributed by atoms with van der Waals surface area (Å²) in [6.45, 7) is 0. The van der Waals surface area contributed by atoms with E-state index in [-0.39, 0.29) is 11.3 Å².